The lowest BCUT2D eigenvalue weighted by molar-refractivity contribution is -0.921. The van der Waals surface area contributed by atoms with Crippen molar-refractivity contribution < 1.29 is 19.2 Å². The van der Waals surface area contributed by atoms with E-state index in [2.05, 4.69) is 12.6 Å². The van der Waals surface area contributed by atoms with E-state index in [1.165, 1.54) is 10.5 Å². The molecule has 22 heavy (non-hydrogen) atoms. The summed E-state index contributed by atoms with van der Waals surface area (Å²) in [6.07, 6.45) is 3.76. The van der Waals surface area contributed by atoms with Gasteiger partial charge in [0.1, 0.15) is 24.8 Å². The van der Waals surface area contributed by atoms with Crippen LogP contribution in [0.1, 0.15) is 25.3 Å². The minimum Gasteiger partial charge on any atom is -0.489 e. The number of carbonyl (C=O) groups is 1. The molecule has 0 aliphatic carbocycles. The van der Waals surface area contributed by atoms with Gasteiger partial charge in [-0.2, -0.15) is 0 Å². The Morgan fingerprint density at radius 2 is 2.27 bits per heavy atom. The first-order valence-electron chi connectivity index (χ1n) is 8.06. The van der Waals surface area contributed by atoms with Gasteiger partial charge in [-0.3, -0.25) is 4.79 Å². The zero-order valence-electron chi connectivity index (χ0n) is 13.3. The molecule has 4 nitrogen and oxygen atoms in total. The van der Waals surface area contributed by atoms with E-state index in [0.717, 1.165) is 38.2 Å². The van der Waals surface area contributed by atoms with E-state index in [0.29, 0.717) is 13.2 Å². The molecule has 1 fully saturated rings. The minimum absolute atomic E-state index is 0.0324. The van der Waals surface area contributed by atoms with Gasteiger partial charge >= 0.3 is 5.97 Å². The van der Waals surface area contributed by atoms with E-state index in [4.69, 9.17) is 9.47 Å². The largest absolute Gasteiger partial charge is 0.489 e. The summed E-state index contributed by atoms with van der Waals surface area (Å²) in [6.45, 7) is 9.33. The van der Waals surface area contributed by atoms with E-state index in [1.54, 1.807) is 6.08 Å². The van der Waals surface area contributed by atoms with Crippen molar-refractivity contribution in [3.63, 3.8) is 0 Å². The van der Waals surface area contributed by atoms with E-state index in [-0.39, 0.29) is 11.9 Å². The fraction of sp³-hybridized carbons (Fsp3) is 0.500. The Labute approximate surface area is 132 Å². The Morgan fingerprint density at radius 3 is 3.05 bits per heavy atom. The Bertz CT molecular complexity index is 501. The Hall–Kier alpha value is -1.81. The van der Waals surface area contributed by atoms with Crippen LogP contribution >= 0.6 is 0 Å². The van der Waals surface area contributed by atoms with Gasteiger partial charge in [0, 0.05) is 5.56 Å². The molecule has 0 bridgehead atoms. The van der Waals surface area contributed by atoms with Crippen molar-refractivity contribution in [2.24, 2.45) is 5.92 Å². The highest BCUT2D eigenvalue weighted by atomic mass is 16.5. The summed E-state index contributed by atoms with van der Waals surface area (Å²) >= 11 is 0. The second kappa shape index (κ2) is 8.59. The number of piperidine rings is 1. The SMILES string of the molecule is C=CCOc1ccccc1C[NH+]1CCC[C@@H](C(=O)OCC)C1. The first-order chi connectivity index (χ1) is 10.7. The highest BCUT2D eigenvalue weighted by Crippen LogP contribution is 2.18. The third-order valence-corrected chi connectivity index (χ3v) is 4.01. The van der Waals surface area contributed by atoms with E-state index < -0.39 is 0 Å². The Morgan fingerprint density at radius 1 is 1.45 bits per heavy atom. The van der Waals surface area contributed by atoms with Gasteiger partial charge in [0.2, 0.25) is 0 Å². The predicted molar refractivity (Wildman–Crippen MR) is 85.9 cm³/mol. The number of likely N-dealkylation sites (tertiary alicyclic amines) is 1. The van der Waals surface area contributed by atoms with Crippen LogP contribution in [-0.4, -0.2) is 32.3 Å². The molecule has 1 heterocycles. The van der Waals surface area contributed by atoms with Crippen LogP contribution in [0.3, 0.4) is 0 Å². The van der Waals surface area contributed by atoms with E-state index in [9.17, 15) is 4.79 Å². The number of ether oxygens (including phenoxy) is 2. The summed E-state index contributed by atoms with van der Waals surface area (Å²) in [5.74, 6) is 0.897. The van der Waals surface area contributed by atoms with Crippen LogP contribution in [0.15, 0.2) is 36.9 Å². The monoisotopic (exact) mass is 304 g/mol. The molecular formula is C18H26NO3+. The average Bonchev–Trinajstić information content (AvgIpc) is 2.54. The van der Waals surface area contributed by atoms with Gasteiger partial charge in [-0.15, -0.1) is 0 Å². The number of carbonyl (C=O) groups excluding carboxylic acids is 1. The molecule has 0 amide bonds. The fourth-order valence-corrected chi connectivity index (χ4v) is 2.98. The summed E-state index contributed by atoms with van der Waals surface area (Å²) in [6, 6.07) is 8.10. The molecule has 1 aromatic carbocycles. The lowest BCUT2D eigenvalue weighted by Gasteiger charge is -2.29. The third-order valence-electron chi connectivity index (χ3n) is 4.01. The molecule has 4 heteroatoms. The fourth-order valence-electron chi connectivity index (χ4n) is 2.98. The zero-order chi connectivity index (χ0) is 15.8. The average molecular weight is 304 g/mol. The van der Waals surface area contributed by atoms with Crippen LogP contribution in [0.2, 0.25) is 0 Å². The van der Waals surface area contributed by atoms with Crippen LogP contribution in [0.4, 0.5) is 0 Å². The highest BCUT2D eigenvalue weighted by molar-refractivity contribution is 5.72. The first-order valence-corrected chi connectivity index (χ1v) is 8.06. The van der Waals surface area contributed by atoms with Crippen molar-refractivity contribution in [3.8, 4) is 5.75 Å². The second-order valence-corrected chi connectivity index (χ2v) is 5.68. The minimum atomic E-state index is -0.0455. The molecule has 1 aromatic rings. The molecule has 0 spiro atoms. The maximum Gasteiger partial charge on any atom is 0.314 e. The quantitative estimate of drug-likeness (QED) is 0.614. The smallest absolute Gasteiger partial charge is 0.314 e. The molecular weight excluding hydrogens is 278 g/mol. The molecule has 1 aliphatic rings. The predicted octanol–water partition coefficient (Wildman–Crippen LogP) is 1.61. The molecule has 1 N–H and O–H groups in total. The molecule has 1 aliphatic heterocycles. The van der Waals surface area contributed by atoms with Gasteiger partial charge in [0.25, 0.3) is 0 Å². The maximum absolute atomic E-state index is 11.9. The first kappa shape index (κ1) is 16.6. The number of esters is 1. The maximum atomic E-state index is 11.9. The number of hydrogen-bond acceptors (Lipinski definition) is 3. The van der Waals surface area contributed by atoms with Crippen molar-refractivity contribution in [1.29, 1.82) is 0 Å². The second-order valence-electron chi connectivity index (χ2n) is 5.68. The van der Waals surface area contributed by atoms with Crippen molar-refractivity contribution in [1.82, 2.24) is 0 Å². The van der Waals surface area contributed by atoms with Crippen molar-refractivity contribution in [2.45, 2.75) is 26.3 Å². The summed E-state index contributed by atoms with van der Waals surface area (Å²) < 4.78 is 10.9. The molecule has 2 rings (SSSR count). The molecule has 120 valence electrons. The number of quaternary nitrogens is 1. The van der Waals surface area contributed by atoms with Gasteiger partial charge < -0.3 is 14.4 Å². The van der Waals surface area contributed by atoms with Crippen LogP contribution in [0, 0.1) is 5.92 Å². The van der Waals surface area contributed by atoms with Crippen LogP contribution in [0.5, 0.6) is 5.75 Å². The summed E-state index contributed by atoms with van der Waals surface area (Å²) in [4.78, 5) is 13.3. The third kappa shape index (κ3) is 4.60. The van der Waals surface area contributed by atoms with Gasteiger partial charge in [-0.05, 0) is 31.9 Å². The summed E-state index contributed by atoms with van der Waals surface area (Å²) in [7, 11) is 0. The number of rotatable bonds is 7. The molecule has 0 aromatic heterocycles. The highest BCUT2D eigenvalue weighted by Gasteiger charge is 2.30. The standard InChI is InChI=1S/C18H25NO3/c1-3-12-22-17-10-6-5-8-15(17)13-19-11-7-9-16(14-19)18(20)21-4-2/h3,5-6,8,10,16H,1,4,7,9,11-14H2,2H3/p+1/t16-/m1/s1. The van der Waals surface area contributed by atoms with E-state index in [1.807, 2.05) is 25.1 Å². The van der Waals surface area contributed by atoms with Gasteiger partial charge in [-0.25, -0.2) is 0 Å². The van der Waals surface area contributed by atoms with Crippen LogP contribution < -0.4 is 9.64 Å². The molecule has 1 unspecified atom stereocenters. The molecule has 2 atom stereocenters. The van der Waals surface area contributed by atoms with Crippen LogP contribution in [-0.2, 0) is 16.1 Å². The summed E-state index contributed by atoms with van der Waals surface area (Å²) in [5.41, 5.74) is 1.18. The number of hydrogen-bond donors (Lipinski definition) is 1. The zero-order valence-corrected chi connectivity index (χ0v) is 13.3. The van der Waals surface area contributed by atoms with Crippen LogP contribution in [0.25, 0.3) is 0 Å². The van der Waals surface area contributed by atoms with Gasteiger partial charge in [-0.1, -0.05) is 24.8 Å². The van der Waals surface area contributed by atoms with Gasteiger partial charge in [0.05, 0.1) is 19.7 Å². The molecule has 0 radical (unpaired) electrons. The number of benzene rings is 1. The Balaban J connectivity index is 1.98. The van der Waals surface area contributed by atoms with E-state index >= 15 is 0 Å². The van der Waals surface area contributed by atoms with Crippen molar-refractivity contribution in [3.05, 3.63) is 42.5 Å². The molecule has 0 saturated carbocycles. The number of para-hydroxylation sites is 1. The van der Waals surface area contributed by atoms with Gasteiger partial charge in [0.15, 0.2) is 0 Å². The normalized spacial score (nSPS) is 21.1. The lowest BCUT2D eigenvalue weighted by Crippen LogP contribution is -3.12. The number of nitrogens with one attached hydrogen (secondary N) is 1. The molecule has 1 saturated heterocycles. The van der Waals surface area contributed by atoms with Crippen molar-refractivity contribution >= 4 is 5.97 Å². The summed E-state index contributed by atoms with van der Waals surface area (Å²) in [5, 5.41) is 0. The Kier molecular flexibility index (Phi) is 6.46. The topological polar surface area (TPSA) is 40.0 Å². The lowest BCUT2D eigenvalue weighted by atomic mass is 9.97. The van der Waals surface area contributed by atoms with Crippen molar-refractivity contribution in [2.75, 3.05) is 26.3 Å².